The molecule has 3 rings (SSSR count). The quantitative estimate of drug-likeness (QED) is 0.407. The Morgan fingerprint density at radius 1 is 1.09 bits per heavy atom. The number of hydrogen-bond acceptors (Lipinski definition) is 7. The van der Waals surface area contributed by atoms with E-state index >= 15 is 0 Å². The number of nitrogens with zero attached hydrogens (tertiary/aromatic N) is 3. The van der Waals surface area contributed by atoms with Gasteiger partial charge in [0.05, 0.1) is 32.3 Å². The molecule has 2 amide bonds. The molecule has 0 bridgehead atoms. The van der Waals surface area contributed by atoms with Crippen LogP contribution in [0, 0.1) is 11.3 Å². The van der Waals surface area contributed by atoms with E-state index in [0.29, 0.717) is 29.4 Å². The second kappa shape index (κ2) is 11.7. The fourth-order valence-corrected chi connectivity index (χ4v) is 3.23. The normalized spacial score (nSPS) is 10.2. The summed E-state index contributed by atoms with van der Waals surface area (Å²) in [4.78, 5) is 20.1. The minimum atomic E-state index is -0.544. The Morgan fingerprint density at radius 2 is 1.88 bits per heavy atom. The molecule has 0 fully saturated rings. The number of hydrogen-bond donors (Lipinski definition) is 3. The molecule has 1 heterocycles. The van der Waals surface area contributed by atoms with Crippen molar-refractivity contribution in [3.63, 3.8) is 0 Å². The molecule has 0 radical (unpaired) electrons. The Kier molecular flexibility index (Phi) is 8.41. The number of rotatable bonds is 9. The van der Waals surface area contributed by atoms with Gasteiger partial charge in [-0.1, -0.05) is 23.7 Å². The predicted molar refractivity (Wildman–Crippen MR) is 126 cm³/mol. The first-order valence-electron chi connectivity index (χ1n) is 10.0. The molecule has 3 aromatic rings. The van der Waals surface area contributed by atoms with E-state index in [2.05, 4.69) is 25.9 Å². The van der Waals surface area contributed by atoms with Crippen LogP contribution in [-0.2, 0) is 13.0 Å². The topological polar surface area (TPSA) is 121 Å². The van der Waals surface area contributed by atoms with Gasteiger partial charge in [-0.3, -0.25) is 5.32 Å². The first-order chi connectivity index (χ1) is 16.0. The molecular weight excluding hydrogens is 444 g/mol. The smallest absolute Gasteiger partial charge is 0.325 e. The number of nitriles is 1. The number of amides is 2. The van der Waals surface area contributed by atoms with E-state index in [9.17, 15) is 4.79 Å². The monoisotopic (exact) mass is 466 g/mol. The van der Waals surface area contributed by atoms with Gasteiger partial charge < -0.3 is 20.1 Å². The number of carbonyl (C=O) groups is 1. The molecule has 170 valence electrons. The van der Waals surface area contributed by atoms with Gasteiger partial charge in [0.1, 0.15) is 17.6 Å². The van der Waals surface area contributed by atoms with E-state index in [1.54, 1.807) is 19.2 Å². The lowest BCUT2D eigenvalue weighted by Crippen LogP contribution is -2.21. The number of ether oxygens (including phenoxy) is 2. The van der Waals surface area contributed by atoms with Gasteiger partial charge in [0.25, 0.3) is 0 Å². The van der Waals surface area contributed by atoms with E-state index in [1.165, 1.54) is 19.5 Å². The Hall–Kier alpha value is -3.87. The molecule has 0 saturated heterocycles. The second-order valence-corrected chi connectivity index (χ2v) is 7.30. The zero-order valence-corrected chi connectivity index (χ0v) is 18.9. The molecule has 33 heavy (non-hydrogen) atoms. The van der Waals surface area contributed by atoms with Gasteiger partial charge in [0.2, 0.25) is 0 Å². The van der Waals surface area contributed by atoms with Crippen LogP contribution in [0.3, 0.4) is 0 Å². The number of urea groups is 1. The fourth-order valence-electron chi connectivity index (χ4n) is 2.97. The molecular formula is C23H23ClN6O3. The van der Waals surface area contributed by atoms with Crippen LogP contribution in [0.1, 0.15) is 16.8 Å². The van der Waals surface area contributed by atoms with Crippen molar-refractivity contribution in [2.24, 2.45) is 0 Å². The SMILES string of the molecule is COc1ccc(CNCCc2cc(OC)c(NC(=O)Nc3cnc(C#N)cn3)cc2Cl)cc1. The zero-order valence-electron chi connectivity index (χ0n) is 18.2. The van der Waals surface area contributed by atoms with Crippen LogP contribution in [0.15, 0.2) is 48.8 Å². The van der Waals surface area contributed by atoms with Crippen LogP contribution in [0.25, 0.3) is 0 Å². The van der Waals surface area contributed by atoms with Gasteiger partial charge in [0.15, 0.2) is 11.5 Å². The Balaban J connectivity index is 1.56. The van der Waals surface area contributed by atoms with Crippen molar-refractivity contribution in [3.8, 4) is 17.6 Å². The highest BCUT2D eigenvalue weighted by Gasteiger charge is 2.13. The van der Waals surface area contributed by atoms with Crippen LogP contribution >= 0.6 is 11.6 Å². The van der Waals surface area contributed by atoms with Crippen molar-refractivity contribution in [2.45, 2.75) is 13.0 Å². The molecule has 3 N–H and O–H groups in total. The van der Waals surface area contributed by atoms with Crippen molar-refractivity contribution in [1.29, 1.82) is 5.26 Å². The summed E-state index contributed by atoms with van der Waals surface area (Å²) in [6, 6.07) is 12.6. The van der Waals surface area contributed by atoms with Crippen LogP contribution in [0.4, 0.5) is 16.3 Å². The Labute approximate surface area is 196 Å². The third kappa shape index (κ3) is 6.80. The number of halogens is 1. The summed E-state index contributed by atoms with van der Waals surface area (Å²) in [5.74, 6) is 1.51. The second-order valence-electron chi connectivity index (χ2n) is 6.90. The number of nitrogens with one attached hydrogen (secondary N) is 3. The average Bonchev–Trinajstić information content (AvgIpc) is 2.83. The third-order valence-electron chi connectivity index (χ3n) is 4.68. The molecule has 9 nitrogen and oxygen atoms in total. The van der Waals surface area contributed by atoms with Gasteiger partial charge >= 0.3 is 6.03 Å². The number of benzene rings is 2. The summed E-state index contributed by atoms with van der Waals surface area (Å²) < 4.78 is 10.6. The summed E-state index contributed by atoms with van der Waals surface area (Å²) in [5, 5.41) is 17.9. The van der Waals surface area contributed by atoms with Crippen LogP contribution in [0.5, 0.6) is 11.5 Å². The first-order valence-corrected chi connectivity index (χ1v) is 10.4. The van der Waals surface area contributed by atoms with Gasteiger partial charge in [-0.05, 0) is 48.4 Å². The summed E-state index contributed by atoms with van der Waals surface area (Å²) in [7, 11) is 3.16. The molecule has 0 saturated carbocycles. The average molecular weight is 467 g/mol. The van der Waals surface area contributed by atoms with Crippen molar-refractivity contribution >= 4 is 29.1 Å². The first kappa shape index (κ1) is 23.8. The lowest BCUT2D eigenvalue weighted by atomic mass is 10.1. The highest BCUT2D eigenvalue weighted by molar-refractivity contribution is 6.31. The van der Waals surface area contributed by atoms with Crippen molar-refractivity contribution in [1.82, 2.24) is 15.3 Å². The van der Waals surface area contributed by atoms with E-state index in [0.717, 1.165) is 23.4 Å². The van der Waals surface area contributed by atoms with Crippen molar-refractivity contribution in [2.75, 3.05) is 31.4 Å². The molecule has 10 heteroatoms. The zero-order chi connectivity index (χ0) is 23.6. The fraction of sp³-hybridized carbons (Fsp3) is 0.217. The van der Waals surface area contributed by atoms with E-state index in [-0.39, 0.29) is 11.5 Å². The number of anilines is 2. The molecule has 0 aliphatic heterocycles. The maximum absolute atomic E-state index is 12.3. The lowest BCUT2D eigenvalue weighted by molar-refractivity contribution is 0.262. The minimum Gasteiger partial charge on any atom is -0.497 e. The number of methoxy groups -OCH3 is 2. The van der Waals surface area contributed by atoms with Crippen LogP contribution < -0.4 is 25.4 Å². The molecule has 0 unspecified atom stereocenters. The summed E-state index contributed by atoms with van der Waals surface area (Å²) in [5.41, 5.74) is 2.61. The summed E-state index contributed by atoms with van der Waals surface area (Å²) in [6.45, 7) is 1.43. The molecule has 2 aromatic carbocycles. The third-order valence-corrected chi connectivity index (χ3v) is 5.04. The minimum absolute atomic E-state index is 0.156. The van der Waals surface area contributed by atoms with Gasteiger partial charge in [-0.25, -0.2) is 14.8 Å². The standard InChI is InChI=1S/C23H23ClN6O3/c1-32-18-5-3-15(4-6-18)12-26-8-7-16-9-21(33-2)20(10-19(16)24)29-23(31)30-22-14-27-17(11-25)13-28-22/h3-6,9-10,13-14,26H,7-8,12H2,1-2H3,(H2,28,29,30,31). The Bertz CT molecular complexity index is 1130. The van der Waals surface area contributed by atoms with Crippen molar-refractivity contribution in [3.05, 3.63) is 70.6 Å². The van der Waals surface area contributed by atoms with Crippen molar-refractivity contribution < 1.29 is 14.3 Å². The molecule has 0 atom stereocenters. The maximum Gasteiger partial charge on any atom is 0.325 e. The van der Waals surface area contributed by atoms with E-state index in [1.807, 2.05) is 30.3 Å². The van der Waals surface area contributed by atoms with Crippen LogP contribution in [0.2, 0.25) is 5.02 Å². The number of carbonyl (C=O) groups excluding carboxylic acids is 1. The highest BCUT2D eigenvalue weighted by atomic mass is 35.5. The maximum atomic E-state index is 12.3. The summed E-state index contributed by atoms with van der Waals surface area (Å²) >= 11 is 6.44. The molecule has 0 aliphatic carbocycles. The lowest BCUT2D eigenvalue weighted by Gasteiger charge is -2.14. The van der Waals surface area contributed by atoms with Gasteiger partial charge in [-0.2, -0.15) is 5.26 Å². The van der Waals surface area contributed by atoms with Gasteiger partial charge in [-0.15, -0.1) is 0 Å². The van der Waals surface area contributed by atoms with E-state index < -0.39 is 6.03 Å². The molecule has 1 aromatic heterocycles. The van der Waals surface area contributed by atoms with E-state index in [4.69, 9.17) is 26.3 Å². The summed E-state index contributed by atoms with van der Waals surface area (Å²) in [6.07, 6.45) is 3.24. The van der Waals surface area contributed by atoms with Gasteiger partial charge in [0, 0.05) is 11.6 Å². The predicted octanol–water partition coefficient (Wildman–Crippen LogP) is 4.00. The highest BCUT2D eigenvalue weighted by Crippen LogP contribution is 2.31. The molecule has 0 spiro atoms. The number of aromatic nitrogens is 2. The van der Waals surface area contributed by atoms with Crippen LogP contribution in [-0.4, -0.2) is 36.8 Å². The largest absolute Gasteiger partial charge is 0.497 e. The Morgan fingerprint density at radius 3 is 2.52 bits per heavy atom. The molecule has 0 aliphatic rings.